The molecule has 3 rings (SSSR count). The fraction of sp³-hybridized carbons (Fsp3) is 0.632. The van der Waals surface area contributed by atoms with Crippen LogP contribution < -0.4 is 11.3 Å². The van der Waals surface area contributed by atoms with Crippen LogP contribution in [0.1, 0.15) is 40.0 Å². The molecule has 3 unspecified atom stereocenters. The Hall–Kier alpha value is -1.76. The molecule has 2 N–H and O–H groups in total. The molecule has 0 saturated heterocycles. The summed E-state index contributed by atoms with van der Waals surface area (Å²) in [4.78, 5) is 28.0. The third kappa shape index (κ3) is 3.06. The summed E-state index contributed by atoms with van der Waals surface area (Å²) in [6.45, 7) is 10.9. The first-order chi connectivity index (χ1) is 12.2. The highest BCUT2D eigenvalue weighted by Gasteiger charge is 2.62. The molecular weight excluding hydrogens is 350 g/mol. The first-order valence-electron chi connectivity index (χ1n) is 8.99. The molecule has 0 aliphatic heterocycles. The van der Waals surface area contributed by atoms with E-state index in [1.165, 1.54) is 24.2 Å². The molecule has 3 atom stereocenters. The number of hydrogen-bond donors (Lipinski definition) is 1. The number of carbonyl (C=O) groups excluding carboxylic acids is 1. The van der Waals surface area contributed by atoms with Gasteiger partial charge in [0.2, 0.25) is 0 Å². The van der Waals surface area contributed by atoms with Crippen molar-refractivity contribution in [1.82, 2.24) is 9.55 Å². The summed E-state index contributed by atoms with van der Waals surface area (Å²) in [5.41, 5.74) is 5.70. The first kappa shape index (κ1) is 19.0. The van der Waals surface area contributed by atoms with Crippen LogP contribution >= 0.6 is 11.8 Å². The Morgan fingerprint density at radius 3 is 2.85 bits per heavy atom. The second kappa shape index (κ2) is 6.76. The van der Waals surface area contributed by atoms with E-state index in [0.29, 0.717) is 23.4 Å². The van der Waals surface area contributed by atoms with Crippen LogP contribution in [-0.4, -0.2) is 27.4 Å². The van der Waals surface area contributed by atoms with Gasteiger partial charge in [-0.15, -0.1) is 6.58 Å². The minimum Gasteiger partial charge on any atom is -0.461 e. The van der Waals surface area contributed by atoms with Gasteiger partial charge in [0.15, 0.2) is 5.16 Å². The quantitative estimate of drug-likeness (QED) is 0.355. The molecule has 2 fully saturated rings. The molecule has 2 saturated carbocycles. The van der Waals surface area contributed by atoms with Crippen LogP contribution in [0.2, 0.25) is 0 Å². The molecule has 7 heteroatoms. The van der Waals surface area contributed by atoms with Gasteiger partial charge in [0.05, 0.1) is 5.75 Å². The minimum absolute atomic E-state index is 0.0338. The van der Waals surface area contributed by atoms with Crippen molar-refractivity contribution < 1.29 is 9.53 Å². The number of nitrogens with two attached hydrogens (primary N) is 1. The topological polar surface area (TPSA) is 87.2 Å². The highest BCUT2D eigenvalue weighted by Crippen LogP contribution is 2.66. The van der Waals surface area contributed by atoms with E-state index in [1.54, 1.807) is 10.6 Å². The van der Waals surface area contributed by atoms with Gasteiger partial charge >= 0.3 is 5.97 Å². The van der Waals surface area contributed by atoms with E-state index < -0.39 is 5.56 Å². The van der Waals surface area contributed by atoms with Gasteiger partial charge in [-0.3, -0.25) is 9.59 Å². The molecule has 0 spiro atoms. The molecule has 1 aromatic heterocycles. The molecule has 0 amide bonds. The smallest absolute Gasteiger partial charge is 0.316 e. The number of nitrogen functional groups attached to an aromatic ring is 1. The zero-order valence-corrected chi connectivity index (χ0v) is 16.5. The maximum absolute atomic E-state index is 12.4. The summed E-state index contributed by atoms with van der Waals surface area (Å²) in [5, 5.41) is 0.409. The first-order valence-corrected chi connectivity index (χ1v) is 9.98. The van der Waals surface area contributed by atoms with Crippen molar-refractivity contribution in [2.75, 3.05) is 11.5 Å². The Morgan fingerprint density at radius 2 is 2.27 bits per heavy atom. The lowest BCUT2D eigenvalue weighted by Gasteiger charge is -2.38. The van der Waals surface area contributed by atoms with Gasteiger partial charge < -0.3 is 15.0 Å². The van der Waals surface area contributed by atoms with Crippen molar-refractivity contribution in [2.45, 2.75) is 57.8 Å². The van der Waals surface area contributed by atoms with E-state index in [0.717, 1.165) is 12.8 Å². The molecule has 0 aromatic carbocycles. The number of thioether (sulfide) groups is 1. The summed E-state index contributed by atoms with van der Waals surface area (Å²) in [5.74, 6) is 0.755. The average molecular weight is 378 g/mol. The molecular formula is C19H27N3O3S. The number of fused-ring (bicyclic) bond motifs is 2. The monoisotopic (exact) mass is 377 g/mol. The van der Waals surface area contributed by atoms with E-state index in [-0.39, 0.29) is 28.7 Å². The molecule has 1 aromatic rings. The number of ether oxygens (including phenoxy) is 1. The number of anilines is 1. The summed E-state index contributed by atoms with van der Waals surface area (Å²) < 4.78 is 7.50. The summed E-state index contributed by atoms with van der Waals surface area (Å²) >= 11 is 1.18. The third-order valence-corrected chi connectivity index (χ3v) is 7.59. The highest BCUT2D eigenvalue weighted by molar-refractivity contribution is 7.99. The Labute approximate surface area is 158 Å². The number of esters is 1. The average Bonchev–Trinajstić information content (AvgIpc) is 2.89. The minimum atomic E-state index is -0.416. The van der Waals surface area contributed by atoms with Crippen LogP contribution in [0.5, 0.6) is 0 Å². The second-order valence-corrected chi connectivity index (χ2v) is 9.02. The molecule has 2 bridgehead atoms. The predicted octanol–water partition coefficient (Wildman–Crippen LogP) is 2.86. The third-order valence-electron chi connectivity index (χ3n) is 6.64. The summed E-state index contributed by atoms with van der Waals surface area (Å²) in [6.07, 6.45) is 4.90. The molecule has 26 heavy (non-hydrogen) atoms. The predicted molar refractivity (Wildman–Crippen MR) is 103 cm³/mol. The van der Waals surface area contributed by atoms with Crippen LogP contribution in [0, 0.1) is 16.7 Å². The van der Waals surface area contributed by atoms with Gasteiger partial charge in [-0.05, 0) is 30.6 Å². The molecule has 2 aliphatic rings. The van der Waals surface area contributed by atoms with E-state index >= 15 is 0 Å². The van der Waals surface area contributed by atoms with Crippen molar-refractivity contribution in [1.29, 1.82) is 0 Å². The lowest BCUT2D eigenvalue weighted by Crippen LogP contribution is -2.38. The maximum Gasteiger partial charge on any atom is 0.316 e. The van der Waals surface area contributed by atoms with Gasteiger partial charge in [-0.1, -0.05) is 38.6 Å². The Bertz CT molecular complexity index is 789. The van der Waals surface area contributed by atoms with E-state index in [1.807, 2.05) is 0 Å². The number of aromatic nitrogens is 2. The summed E-state index contributed by atoms with van der Waals surface area (Å²) in [6, 6.07) is 1.27. The maximum atomic E-state index is 12.4. The van der Waals surface area contributed by atoms with Crippen molar-refractivity contribution in [3.8, 4) is 0 Å². The molecule has 2 aliphatic carbocycles. The SMILES string of the molecule is C=CCn1c(N)cc(=O)nc1SCC(=O)OC1CC2CCC1(C)C2(C)C. The fourth-order valence-corrected chi connectivity index (χ4v) is 5.35. The van der Waals surface area contributed by atoms with Crippen molar-refractivity contribution in [3.63, 3.8) is 0 Å². The van der Waals surface area contributed by atoms with Gasteiger partial charge in [0.1, 0.15) is 11.9 Å². The number of rotatable bonds is 6. The molecule has 1 heterocycles. The van der Waals surface area contributed by atoms with Crippen LogP contribution in [0.25, 0.3) is 0 Å². The Morgan fingerprint density at radius 1 is 1.54 bits per heavy atom. The van der Waals surface area contributed by atoms with Crippen LogP contribution in [0.4, 0.5) is 5.82 Å². The normalized spacial score (nSPS) is 28.9. The zero-order valence-electron chi connectivity index (χ0n) is 15.7. The summed E-state index contributed by atoms with van der Waals surface area (Å²) in [7, 11) is 0. The number of allylic oxidation sites excluding steroid dienone is 1. The molecule has 142 valence electrons. The van der Waals surface area contributed by atoms with Gasteiger partial charge in [-0.25, -0.2) is 0 Å². The van der Waals surface area contributed by atoms with Crippen molar-refractivity contribution in [2.24, 2.45) is 16.7 Å². The lowest BCUT2D eigenvalue weighted by molar-refractivity contribution is -0.153. The number of hydrogen-bond acceptors (Lipinski definition) is 6. The molecule has 6 nitrogen and oxygen atoms in total. The van der Waals surface area contributed by atoms with Crippen molar-refractivity contribution >= 4 is 23.5 Å². The van der Waals surface area contributed by atoms with Crippen LogP contribution in [0.3, 0.4) is 0 Å². The highest BCUT2D eigenvalue weighted by atomic mass is 32.2. The number of carbonyl (C=O) groups is 1. The Balaban J connectivity index is 1.66. The van der Waals surface area contributed by atoms with Gasteiger partial charge in [-0.2, -0.15) is 4.98 Å². The van der Waals surface area contributed by atoms with Gasteiger partial charge in [0.25, 0.3) is 5.56 Å². The van der Waals surface area contributed by atoms with E-state index in [9.17, 15) is 9.59 Å². The van der Waals surface area contributed by atoms with Gasteiger partial charge in [0, 0.05) is 18.0 Å². The van der Waals surface area contributed by atoms with Crippen molar-refractivity contribution in [3.05, 3.63) is 29.1 Å². The molecule has 0 radical (unpaired) electrons. The number of nitrogens with zero attached hydrogens (tertiary/aromatic N) is 2. The van der Waals surface area contributed by atoms with E-state index in [4.69, 9.17) is 10.5 Å². The fourth-order valence-electron chi connectivity index (χ4n) is 4.55. The standard InChI is InChI=1S/C19H27N3O3S/c1-5-8-22-14(20)10-15(23)21-17(22)26-11-16(24)25-13-9-12-6-7-19(13,4)18(12,2)3/h5,10,12-13H,1,6-9,11,20H2,2-4H3. The lowest BCUT2D eigenvalue weighted by atomic mass is 9.70. The van der Waals surface area contributed by atoms with E-state index in [2.05, 4.69) is 32.3 Å². The largest absolute Gasteiger partial charge is 0.461 e. The van der Waals surface area contributed by atoms with Crippen LogP contribution in [-0.2, 0) is 16.1 Å². The second-order valence-electron chi connectivity index (χ2n) is 8.08. The zero-order chi connectivity index (χ0) is 19.1. The Kier molecular flexibility index (Phi) is 4.94. The van der Waals surface area contributed by atoms with Crippen LogP contribution in [0.15, 0.2) is 28.7 Å².